The summed E-state index contributed by atoms with van der Waals surface area (Å²) in [5.74, 6) is 0. The van der Waals surface area contributed by atoms with Gasteiger partial charge in [-0.05, 0) is 124 Å². The van der Waals surface area contributed by atoms with Gasteiger partial charge in [-0.25, -0.2) is 0 Å². The summed E-state index contributed by atoms with van der Waals surface area (Å²) in [6.07, 6.45) is 4.58. The maximum Gasteiger partial charge on any atom is 0.0998 e. The summed E-state index contributed by atoms with van der Waals surface area (Å²) in [5, 5.41) is 86.8. The predicted octanol–water partition coefficient (Wildman–Crippen LogP) is 7.11. The van der Waals surface area contributed by atoms with Crippen LogP contribution in [0, 0.1) is 102 Å². The Hall–Kier alpha value is -8.49. The predicted molar refractivity (Wildman–Crippen MR) is 175 cm³/mol. The molecule has 0 N–H and O–H groups in total. The Balaban J connectivity index is 1.99. The monoisotopic (exact) mass is 609 g/mol. The quantitative estimate of drug-likeness (QED) is 0.160. The third-order valence-corrected chi connectivity index (χ3v) is 6.80. The van der Waals surface area contributed by atoms with Crippen LogP contribution in [-0.2, 0) is 0 Å². The van der Waals surface area contributed by atoms with Crippen molar-refractivity contribution >= 4 is 34.9 Å². The van der Waals surface area contributed by atoms with Gasteiger partial charge < -0.3 is 0 Å². The zero-order valence-corrected chi connectivity index (χ0v) is 24.7. The Morgan fingerprint density at radius 2 is 0.521 bits per heavy atom. The lowest BCUT2D eigenvalue weighted by Crippen LogP contribution is -1.91. The second-order valence-electron chi connectivity index (χ2n) is 10.0. The molecule has 0 unspecified atom stereocenters. The van der Waals surface area contributed by atoms with Crippen molar-refractivity contribution in [2.24, 2.45) is 0 Å². The third kappa shape index (κ3) is 7.53. The zero-order valence-electron chi connectivity index (χ0n) is 24.7. The lowest BCUT2D eigenvalue weighted by Gasteiger charge is -2.08. The second-order valence-corrected chi connectivity index (χ2v) is 10.0. The highest BCUT2D eigenvalue weighted by Gasteiger charge is 2.11. The van der Waals surface area contributed by atoms with Crippen molar-refractivity contribution in [1.29, 1.82) is 47.4 Å². The molecule has 48 heavy (non-hydrogen) atoms. The fourth-order valence-electron chi connectivity index (χ4n) is 4.73. The number of allylic oxidation sites excluding steroid dienone is 3. The van der Waals surface area contributed by atoms with Gasteiger partial charge in [0.15, 0.2) is 0 Å². The Bertz CT molecular complexity index is 2110. The minimum absolute atomic E-state index is 0.126. The van der Waals surface area contributed by atoms with Gasteiger partial charge in [-0.3, -0.25) is 0 Å². The van der Waals surface area contributed by atoms with Crippen molar-refractivity contribution in [1.82, 2.24) is 0 Å². The molecule has 0 aliphatic heterocycles. The van der Waals surface area contributed by atoms with E-state index >= 15 is 0 Å². The molecule has 0 aliphatic rings. The first-order valence-corrected chi connectivity index (χ1v) is 13.7. The fourth-order valence-corrected chi connectivity index (χ4v) is 4.73. The molecule has 0 fully saturated rings. The maximum atomic E-state index is 10.1. The number of benzene rings is 4. The number of nitrogens with zero attached hydrogens (tertiary/aromatic N) is 9. The Morgan fingerprint density at radius 3 is 0.688 bits per heavy atom. The molecule has 9 heteroatoms. The average molecular weight is 610 g/mol. The molecule has 0 bridgehead atoms. The summed E-state index contributed by atoms with van der Waals surface area (Å²) >= 11 is 0. The van der Waals surface area contributed by atoms with Gasteiger partial charge in [-0.2, -0.15) is 47.4 Å². The van der Waals surface area contributed by atoms with Crippen LogP contribution in [0.1, 0.15) is 66.8 Å². The van der Waals surface area contributed by atoms with Crippen LogP contribution in [-0.4, -0.2) is 0 Å². The van der Waals surface area contributed by atoms with Crippen LogP contribution in [0.25, 0.3) is 34.9 Å². The first-order chi connectivity index (χ1) is 23.3. The molecule has 0 atom stereocenters. The van der Waals surface area contributed by atoms with Crippen molar-refractivity contribution in [3.63, 3.8) is 0 Å². The first-order valence-electron chi connectivity index (χ1n) is 13.7. The third-order valence-electron chi connectivity index (χ3n) is 6.80. The SMILES string of the molecule is N#C/C(=C\c1cc(/C=C(\C#N)c2cc(C#N)cc(C#N)c2)cc(/C=C(\C#N)c2cc(C#N)cc(C#N)c2)c1)c1cc(C#N)cc(C#N)c1. The highest BCUT2D eigenvalue weighted by molar-refractivity contribution is 5.95. The highest BCUT2D eigenvalue weighted by atomic mass is 14.3. The number of nitriles is 9. The topological polar surface area (TPSA) is 214 Å². The average Bonchev–Trinajstić information content (AvgIpc) is 3.13. The van der Waals surface area contributed by atoms with Crippen LogP contribution >= 0.6 is 0 Å². The van der Waals surface area contributed by atoms with E-state index in [1.807, 2.05) is 36.4 Å². The molecule has 216 valence electrons. The van der Waals surface area contributed by atoms with Crippen molar-refractivity contribution < 1.29 is 0 Å². The Labute approximate surface area is 276 Å². The van der Waals surface area contributed by atoms with Crippen LogP contribution < -0.4 is 0 Å². The molecule has 0 heterocycles. The number of hydrogen-bond acceptors (Lipinski definition) is 9. The van der Waals surface area contributed by atoms with E-state index in [0.29, 0.717) is 33.4 Å². The van der Waals surface area contributed by atoms with E-state index in [0.717, 1.165) is 0 Å². The molecule has 4 rings (SSSR count). The molecule has 0 amide bonds. The molecule has 9 nitrogen and oxygen atoms in total. The van der Waals surface area contributed by atoms with E-state index in [4.69, 9.17) is 0 Å². The summed E-state index contributed by atoms with van der Waals surface area (Å²) in [6, 6.07) is 36.2. The summed E-state index contributed by atoms with van der Waals surface area (Å²) in [7, 11) is 0. The molecule has 4 aromatic rings. The van der Waals surface area contributed by atoms with Crippen molar-refractivity contribution in [3.8, 4) is 54.6 Å². The van der Waals surface area contributed by atoms with Gasteiger partial charge in [0.2, 0.25) is 0 Å². The molecule has 0 aliphatic carbocycles. The van der Waals surface area contributed by atoms with E-state index in [-0.39, 0.29) is 50.1 Å². The summed E-state index contributed by atoms with van der Waals surface area (Å²) < 4.78 is 0. The molecular formula is C39H15N9. The first kappa shape index (κ1) is 32.4. The van der Waals surface area contributed by atoms with E-state index in [9.17, 15) is 47.4 Å². The van der Waals surface area contributed by atoms with Gasteiger partial charge in [-0.15, -0.1) is 0 Å². The summed E-state index contributed by atoms with van der Waals surface area (Å²) in [5.41, 5.74) is 3.87. The zero-order chi connectivity index (χ0) is 34.6. The second kappa shape index (κ2) is 14.8. The smallest absolute Gasteiger partial charge is 0.0998 e. The summed E-state index contributed by atoms with van der Waals surface area (Å²) in [6.45, 7) is 0. The molecule has 0 spiro atoms. The van der Waals surface area contributed by atoms with Crippen LogP contribution in [0.2, 0.25) is 0 Å². The molecule has 0 aromatic heterocycles. The highest BCUT2D eigenvalue weighted by Crippen LogP contribution is 2.27. The normalized spacial score (nSPS) is 10.7. The van der Waals surface area contributed by atoms with E-state index in [1.165, 1.54) is 72.8 Å². The molecule has 0 saturated carbocycles. The Morgan fingerprint density at radius 1 is 0.312 bits per heavy atom. The van der Waals surface area contributed by atoms with Crippen molar-refractivity contribution in [2.75, 3.05) is 0 Å². The van der Waals surface area contributed by atoms with Crippen LogP contribution in [0.4, 0.5) is 0 Å². The van der Waals surface area contributed by atoms with Crippen LogP contribution in [0.15, 0.2) is 72.8 Å². The maximum absolute atomic E-state index is 10.1. The van der Waals surface area contributed by atoms with Gasteiger partial charge in [-0.1, -0.05) is 0 Å². The minimum Gasteiger partial charge on any atom is -0.192 e. The van der Waals surface area contributed by atoms with Gasteiger partial charge in [0.25, 0.3) is 0 Å². The molecule has 4 aromatic carbocycles. The van der Waals surface area contributed by atoms with E-state index < -0.39 is 0 Å². The Kier molecular flexibility index (Phi) is 10.00. The lowest BCUT2D eigenvalue weighted by molar-refractivity contribution is 1.43. The fraction of sp³-hybridized carbons (Fsp3) is 0. The van der Waals surface area contributed by atoms with E-state index in [1.54, 1.807) is 18.2 Å². The largest absolute Gasteiger partial charge is 0.192 e. The van der Waals surface area contributed by atoms with Gasteiger partial charge in [0.1, 0.15) is 0 Å². The summed E-state index contributed by atoms with van der Waals surface area (Å²) in [4.78, 5) is 0. The van der Waals surface area contributed by atoms with Crippen LogP contribution in [0.5, 0.6) is 0 Å². The molecule has 0 saturated heterocycles. The van der Waals surface area contributed by atoms with Crippen molar-refractivity contribution in [2.45, 2.75) is 0 Å². The minimum atomic E-state index is 0.126. The van der Waals surface area contributed by atoms with Crippen LogP contribution in [0.3, 0.4) is 0 Å². The van der Waals surface area contributed by atoms with Crippen molar-refractivity contribution in [3.05, 3.63) is 140 Å². The molecule has 0 radical (unpaired) electrons. The number of rotatable bonds is 6. The lowest BCUT2D eigenvalue weighted by atomic mass is 9.94. The van der Waals surface area contributed by atoms with Gasteiger partial charge in [0, 0.05) is 0 Å². The van der Waals surface area contributed by atoms with Gasteiger partial charge in [0.05, 0.1) is 105 Å². The standard InChI is InChI=1S/C39H15N9/c40-16-28-4-29(17-41)11-34(10-28)37(22-46)7-25-1-26(8-38(23-47)35-12-30(18-42)5-31(13-35)19-43)3-27(2-25)9-39(24-48)36-14-32(20-44)6-33(15-36)21-45/h1-15H/b37-7+,38-8+,39-9+. The van der Waals surface area contributed by atoms with E-state index in [2.05, 4.69) is 18.2 Å². The number of hydrogen-bond donors (Lipinski definition) is 0. The molecular weight excluding hydrogens is 594 g/mol. The van der Waals surface area contributed by atoms with Gasteiger partial charge >= 0.3 is 0 Å².